The summed E-state index contributed by atoms with van der Waals surface area (Å²) in [4.78, 5) is 25.6. The average Bonchev–Trinajstić information content (AvgIpc) is 3.54. The number of carbonyl (C=O) groups excluding carboxylic acids is 1. The highest BCUT2D eigenvalue weighted by atomic mass is 16.5. The van der Waals surface area contributed by atoms with Crippen LogP contribution in [0.3, 0.4) is 0 Å². The van der Waals surface area contributed by atoms with Crippen molar-refractivity contribution in [1.82, 2.24) is 4.90 Å². The van der Waals surface area contributed by atoms with Gasteiger partial charge in [-0.3, -0.25) is 4.79 Å². The van der Waals surface area contributed by atoms with Crippen molar-refractivity contribution in [2.45, 2.75) is 45.1 Å². The number of nitrogens with zero attached hydrogens (tertiary/aromatic N) is 1. The molecule has 5 nitrogen and oxygen atoms in total. The third-order valence-corrected chi connectivity index (χ3v) is 6.79. The molecule has 1 saturated carbocycles. The van der Waals surface area contributed by atoms with Gasteiger partial charge >= 0.3 is 12.1 Å². The summed E-state index contributed by atoms with van der Waals surface area (Å²) in [6.45, 7) is 6.70. The van der Waals surface area contributed by atoms with Gasteiger partial charge in [0.1, 0.15) is 0 Å². The lowest BCUT2D eigenvalue weighted by atomic mass is 9.81. The number of hydrogen-bond acceptors (Lipinski definition) is 3. The minimum atomic E-state index is -0.870. The van der Waals surface area contributed by atoms with Gasteiger partial charge in [0.25, 0.3) is 0 Å². The molecule has 1 aliphatic heterocycles. The van der Waals surface area contributed by atoms with E-state index in [0.717, 1.165) is 16.7 Å². The zero-order valence-electron chi connectivity index (χ0n) is 19.1. The van der Waals surface area contributed by atoms with Crippen LogP contribution in [0.2, 0.25) is 0 Å². The molecule has 2 aliphatic rings. The highest BCUT2D eigenvalue weighted by molar-refractivity contribution is 5.80. The fourth-order valence-electron chi connectivity index (χ4n) is 5.08. The molecule has 0 aromatic heterocycles. The van der Waals surface area contributed by atoms with Gasteiger partial charge in [-0.25, -0.2) is 4.79 Å². The molecular weight excluding hydrogens is 402 g/mol. The predicted octanol–water partition coefficient (Wildman–Crippen LogP) is 5.54. The van der Waals surface area contributed by atoms with Crippen molar-refractivity contribution in [1.29, 1.82) is 0 Å². The molecule has 1 unspecified atom stereocenters. The molecule has 32 heavy (non-hydrogen) atoms. The second-order valence-electron chi connectivity index (χ2n) is 9.86. The molecular formula is C27H31NO4. The van der Waals surface area contributed by atoms with E-state index >= 15 is 0 Å². The molecule has 5 heteroatoms. The minimum absolute atomic E-state index is 0.115. The maximum Gasteiger partial charge on any atom is 0.407 e. The third kappa shape index (κ3) is 4.16. The maximum absolute atomic E-state index is 12.4. The van der Waals surface area contributed by atoms with Gasteiger partial charge in [0.15, 0.2) is 0 Å². The van der Waals surface area contributed by atoms with Crippen LogP contribution in [0.25, 0.3) is 5.57 Å². The molecule has 0 radical (unpaired) electrons. The number of ether oxygens (including phenoxy) is 1. The molecule has 1 fully saturated rings. The fourth-order valence-corrected chi connectivity index (χ4v) is 5.08. The van der Waals surface area contributed by atoms with Crippen LogP contribution in [-0.4, -0.2) is 41.8 Å². The second kappa shape index (κ2) is 8.45. The Kier molecular flexibility index (Phi) is 5.85. The molecule has 1 aliphatic carbocycles. The van der Waals surface area contributed by atoms with Crippen LogP contribution in [0.15, 0.2) is 60.7 Å². The molecule has 0 spiro atoms. The normalized spacial score (nSPS) is 25.1. The van der Waals surface area contributed by atoms with Crippen LogP contribution >= 0.6 is 0 Å². The van der Waals surface area contributed by atoms with Gasteiger partial charge in [0.05, 0.1) is 19.1 Å². The average molecular weight is 434 g/mol. The summed E-state index contributed by atoms with van der Waals surface area (Å²) < 4.78 is 5.07. The Hall–Kier alpha value is -3.08. The number of carbonyl (C=O) groups is 2. The van der Waals surface area contributed by atoms with Crippen molar-refractivity contribution in [3.63, 3.8) is 0 Å². The van der Waals surface area contributed by atoms with Gasteiger partial charge in [-0.05, 0) is 34.1 Å². The smallest absolute Gasteiger partial charge is 0.407 e. The second-order valence-corrected chi connectivity index (χ2v) is 9.86. The summed E-state index contributed by atoms with van der Waals surface area (Å²) in [5, 5.41) is 9.60. The quantitative estimate of drug-likeness (QED) is 0.643. The SMILES string of the molecule is COC(=O)[C@@H]1[C@H](c2ccccc2)[C@H]1c1ccc(C2=CC(C(C)(C)C)N(C(=O)O)CC2)cc1. The van der Waals surface area contributed by atoms with Gasteiger partial charge in [-0.15, -0.1) is 0 Å². The van der Waals surface area contributed by atoms with Crippen LogP contribution < -0.4 is 0 Å². The highest BCUT2D eigenvalue weighted by Crippen LogP contribution is 2.61. The van der Waals surface area contributed by atoms with Gasteiger partial charge in [0, 0.05) is 18.4 Å². The van der Waals surface area contributed by atoms with Gasteiger partial charge < -0.3 is 14.7 Å². The van der Waals surface area contributed by atoms with E-state index in [1.165, 1.54) is 17.6 Å². The first-order chi connectivity index (χ1) is 15.2. The Morgan fingerprint density at radius 3 is 2.09 bits per heavy atom. The highest BCUT2D eigenvalue weighted by Gasteiger charge is 2.56. The molecule has 0 bridgehead atoms. The summed E-state index contributed by atoms with van der Waals surface area (Å²) in [6.07, 6.45) is 1.93. The zero-order valence-corrected chi connectivity index (χ0v) is 19.1. The number of rotatable bonds is 4. The molecule has 0 saturated heterocycles. The third-order valence-electron chi connectivity index (χ3n) is 6.79. The van der Waals surface area contributed by atoms with E-state index in [4.69, 9.17) is 4.74 Å². The number of amides is 1. The van der Waals surface area contributed by atoms with Crippen molar-refractivity contribution >= 4 is 17.6 Å². The van der Waals surface area contributed by atoms with E-state index in [9.17, 15) is 14.7 Å². The number of hydrogen-bond donors (Lipinski definition) is 1. The van der Waals surface area contributed by atoms with E-state index in [0.29, 0.717) is 13.0 Å². The topological polar surface area (TPSA) is 66.8 Å². The van der Waals surface area contributed by atoms with Crippen molar-refractivity contribution in [2.24, 2.45) is 11.3 Å². The summed E-state index contributed by atoms with van der Waals surface area (Å²) in [5.41, 5.74) is 4.39. The van der Waals surface area contributed by atoms with Crippen molar-refractivity contribution in [2.75, 3.05) is 13.7 Å². The molecule has 4 rings (SSSR count). The van der Waals surface area contributed by atoms with E-state index in [2.05, 4.69) is 63.2 Å². The van der Waals surface area contributed by atoms with Crippen molar-refractivity contribution in [3.05, 3.63) is 77.4 Å². The van der Waals surface area contributed by atoms with Crippen molar-refractivity contribution in [3.8, 4) is 0 Å². The molecule has 1 heterocycles. The Balaban J connectivity index is 1.59. The monoisotopic (exact) mass is 433 g/mol. The Labute approximate surface area is 189 Å². The molecule has 2 aromatic carbocycles. The summed E-state index contributed by atoms with van der Waals surface area (Å²) in [7, 11) is 1.45. The lowest BCUT2D eigenvalue weighted by Gasteiger charge is -2.40. The summed E-state index contributed by atoms with van der Waals surface area (Å²) in [6, 6.07) is 18.4. The Bertz CT molecular complexity index is 1020. The summed E-state index contributed by atoms with van der Waals surface area (Å²) in [5.74, 6) is -0.0666. The van der Waals surface area contributed by atoms with E-state index in [1.807, 2.05) is 18.2 Å². The Morgan fingerprint density at radius 1 is 0.969 bits per heavy atom. The molecule has 1 N–H and O–H groups in total. The number of methoxy groups -OCH3 is 1. The molecule has 168 valence electrons. The van der Waals surface area contributed by atoms with Crippen LogP contribution in [-0.2, 0) is 9.53 Å². The fraction of sp³-hybridized carbons (Fsp3) is 0.407. The number of esters is 1. The zero-order chi connectivity index (χ0) is 23.0. The van der Waals surface area contributed by atoms with E-state index < -0.39 is 6.09 Å². The van der Waals surface area contributed by atoms with E-state index in [-0.39, 0.29) is 35.2 Å². The van der Waals surface area contributed by atoms with Gasteiger partial charge in [-0.2, -0.15) is 0 Å². The minimum Gasteiger partial charge on any atom is -0.469 e. The van der Waals surface area contributed by atoms with Gasteiger partial charge in [0.2, 0.25) is 0 Å². The van der Waals surface area contributed by atoms with Crippen LogP contribution in [0.4, 0.5) is 4.79 Å². The van der Waals surface area contributed by atoms with Crippen LogP contribution in [0.1, 0.15) is 55.7 Å². The molecule has 1 amide bonds. The predicted molar refractivity (Wildman–Crippen MR) is 124 cm³/mol. The first-order valence-electron chi connectivity index (χ1n) is 11.2. The maximum atomic E-state index is 12.4. The Morgan fingerprint density at radius 2 is 1.56 bits per heavy atom. The number of carboxylic acid groups (broad SMARTS) is 1. The van der Waals surface area contributed by atoms with E-state index in [1.54, 1.807) is 0 Å². The van der Waals surface area contributed by atoms with Crippen LogP contribution in [0, 0.1) is 11.3 Å². The lowest BCUT2D eigenvalue weighted by molar-refractivity contribution is -0.142. The van der Waals surface area contributed by atoms with Gasteiger partial charge in [-0.1, -0.05) is 81.4 Å². The summed E-state index contributed by atoms with van der Waals surface area (Å²) >= 11 is 0. The first kappa shape index (κ1) is 22.1. The standard InChI is InChI=1S/C27H31NO4/c1-27(2,3)21-16-20(14-15-28(21)26(30)31)17-10-12-19(13-11-17)23-22(24(23)25(29)32-4)18-8-6-5-7-9-18/h5-13,16,21-24H,14-15H2,1-4H3,(H,30,31)/t21?,22-,23-,24-/m1/s1. The molecule has 2 aromatic rings. The molecule has 4 atom stereocenters. The number of benzene rings is 2. The largest absolute Gasteiger partial charge is 0.469 e. The van der Waals surface area contributed by atoms with Crippen LogP contribution in [0.5, 0.6) is 0 Å². The van der Waals surface area contributed by atoms with Crippen molar-refractivity contribution < 1.29 is 19.4 Å². The lowest BCUT2D eigenvalue weighted by Crippen LogP contribution is -2.48. The first-order valence-corrected chi connectivity index (χ1v) is 11.2.